The van der Waals surface area contributed by atoms with Crippen LogP contribution in [0.25, 0.3) is 0 Å². The van der Waals surface area contributed by atoms with Gasteiger partial charge in [-0.25, -0.2) is 22.8 Å². The summed E-state index contributed by atoms with van der Waals surface area (Å²) in [5.41, 5.74) is 2.13. The average molecular weight is 455 g/mol. The number of anilines is 1. The summed E-state index contributed by atoms with van der Waals surface area (Å²) in [4.78, 5) is 11.3. The molecule has 3 rings (SSSR count). The van der Waals surface area contributed by atoms with E-state index in [9.17, 15) is 12.8 Å². The monoisotopic (exact) mass is 454 g/mol. The SMILES string of the molecule is CCCS(=O)(=O)N1CCN(c2nc(C)nc(CC)c2Cc2c(F)cccc2Cl)CC1. The summed E-state index contributed by atoms with van der Waals surface area (Å²) in [6.07, 6.45) is 1.57. The Morgan fingerprint density at radius 2 is 1.80 bits per heavy atom. The normalized spacial score (nSPS) is 15.6. The fourth-order valence-corrected chi connectivity index (χ4v) is 5.54. The first kappa shape index (κ1) is 22.9. The van der Waals surface area contributed by atoms with Gasteiger partial charge in [-0.1, -0.05) is 31.5 Å². The molecule has 2 aromatic rings. The molecule has 1 aromatic heterocycles. The van der Waals surface area contributed by atoms with Crippen molar-refractivity contribution in [2.45, 2.75) is 40.0 Å². The van der Waals surface area contributed by atoms with E-state index in [4.69, 9.17) is 11.6 Å². The average Bonchev–Trinajstić information content (AvgIpc) is 2.71. The van der Waals surface area contributed by atoms with Gasteiger partial charge in [0.2, 0.25) is 10.0 Å². The number of hydrogen-bond donors (Lipinski definition) is 0. The number of aryl methyl sites for hydroxylation is 2. The lowest BCUT2D eigenvalue weighted by Crippen LogP contribution is -2.49. The Bertz CT molecular complexity index is 988. The summed E-state index contributed by atoms with van der Waals surface area (Å²) in [5, 5.41) is 0.374. The maximum absolute atomic E-state index is 14.5. The zero-order chi connectivity index (χ0) is 21.9. The summed E-state index contributed by atoms with van der Waals surface area (Å²) in [6, 6.07) is 4.67. The molecule has 0 unspecified atom stereocenters. The van der Waals surface area contributed by atoms with Gasteiger partial charge in [0.05, 0.1) is 5.75 Å². The second-order valence-corrected chi connectivity index (χ2v) is 9.95. The number of aromatic nitrogens is 2. The van der Waals surface area contributed by atoms with Gasteiger partial charge in [-0.2, -0.15) is 4.31 Å². The number of nitrogens with zero attached hydrogens (tertiary/aromatic N) is 4. The van der Waals surface area contributed by atoms with Gasteiger partial charge in [-0.15, -0.1) is 0 Å². The van der Waals surface area contributed by atoms with Gasteiger partial charge in [-0.05, 0) is 31.9 Å². The molecule has 0 spiro atoms. The number of rotatable bonds is 7. The van der Waals surface area contributed by atoms with Crippen LogP contribution in [0, 0.1) is 12.7 Å². The van der Waals surface area contributed by atoms with Crippen LogP contribution < -0.4 is 4.90 Å². The Morgan fingerprint density at radius 3 is 2.40 bits per heavy atom. The lowest BCUT2D eigenvalue weighted by molar-refractivity contribution is 0.383. The van der Waals surface area contributed by atoms with E-state index in [-0.39, 0.29) is 11.6 Å². The van der Waals surface area contributed by atoms with Crippen molar-refractivity contribution in [3.63, 3.8) is 0 Å². The van der Waals surface area contributed by atoms with E-state index in [1.807, 2.05) is 20.8 Å². The van der Waals surface area contributed by atoms with Crippen molar-refractivity contribution >= 4 is 27.4 Å². The van der Waals surface area contributed by atoms with Crippen molar-refractivity contribution in [2.75, 3.05) is 36.8 Å². The van der Waals surface area contributed by atoms with Crippen LogP contribution in [0.1, 0.15) is 42.9 Å². The summed E-state index contributed by atoms with van der Waals surface area (Å²) >= 11 is 6.28. The first-order valence-corrected chi connectivity index (χ1v) is 12.3. The van der Waals surface area contributed by atoms with Crippen molar-refractivity contribution in [3.8, 4) is 0 Å². The molecule has 0 radical (unpaired) electrons. The minimum absolute atomic E-state index is 0.163. The molecule has 30 heavy (non-hydrogen) atoms. The third-order valence-corrected chi connectivity index (χ3v) is 7.76. The van der Waals surface area contributed by atoms with Crippen molar-refractivity contribution in [1.29, 1.82) is 0 Å². The van der Waals surface area contributed by atoms with E-state index < -0.39 is 10.0 Å². The Morgan fingerprint density at radius 1 is 1.10 bits per heavy atom. The molecule has 1 aliphatic rings. The summed E-state index contributed by atoms with van der Waals surface area (Å²) in [6.45, 7) is 7.59. The summed E-state index contributed by atoms with van der Waals surface area (Å²) in [7, 11) is -3.22. The van der Waals surface area contributed by atoms with Gasteiger partial charge < -0.3 is 4.90 Å². The molecule has 0 amide bonds. The number of sulfonamides is 1. The molecule has 0 bridgehead atoms. The minimum Gasteiger partial charge on any atom is -0.354 e. The Labute approximate surface area is 183 Å². The molecule has 0 N–H and O–H groups in total. The molecule has 0 saturated carbocycles. The van der Waals surface area contributed by atoms with E-state index in [0.717, 1.165) is 17.1 Å². The van der Waals surface area contributed by atoms with Gasteiger partial charge in [0.25, 0.3) is 0 Å². The molecule has 1 fully saturated rings. The zero-order valence-corrected chi connectivity index (χ0v) is 19.2. The third-order valence-electron chi connectivity index (χ3n) is 5.33. The highest BCUT2D eigenvalue weighted by atomic mass is 35.5. The van der Waals surface area contributed by atoms with Crippen molar-refractivity contribution in [2.24, 2.45) is 0 Å². The molecule has 164 valence electrons. The van der Waals surface area contributed by atoms with E-state index >= 15 is 0 Å². The smallest absolute Gasteiger partial charge is 0.214 e. The van der Waals surface area contributed by atoms with Crippen molar-refractivity contribution in [1.82, 2.24) is 14.3 Å². The fourth-order valence-electron chi connectivity index (χ4n) is 3.82. The Balaban J connectivity index is 1.93. The number of halogens is 2. The highest BCUT2D eigenvalue weighted by Gasteiger charge is 2.29. The predicted octanol–water partition coefficient (Wildman–Crippen LogP) is 3.59. The summed E-state index contributed by atoms with van der Waals surface area (Å²) < 4.78 is 40.8. The van der Waals surface area contributed by atoms with Crippen LogP contribution >= 0.6 is 11.6 Å². The number of benzene rings is 1. The molecular weight excluding hydrogens is 427 g/mol. The molecular formula is C21H28ClFN4O2S. The van der Waals surface area contributed by atoms with Gasteiger partial charge in [0.15, 0.2) is 0 Å². The largest absolute Gasteiger partial charge is 0.354 e. The van der Waals surface area contributed by atoms with E-state index in [0.29, 0.717) is 61.9 Å². The third kappa shape index (κ3) is 4.92. The molecule has 9 heteroatoms. The fraction of sp³-hybridized carbons (Fsp3) is 0.524. The highest BCUT2D eigenvalue weighted by Crippen LogP contribution is 2.30. The van der Waals surface area contributed by atoms with Crippen LogP contribution in [0.2, 0.25) is 5.02 Å². The minimum atomic E-state index is -3.22. The molecule has 2 heterocycles. The topological polar surface area (TPSA) is 66.4 Å². The molecule has 6 nitrogen and oxygen atoms in total. The van der Waals surface area contributed by atoms with Crippen LogP contribution in [0.15, 0.2) is 18.2 Å². The van der Waals surface area contributed by atoms with Crippen LogP contribution in [-0.4, -0.2) is 54.6 Å². The summed E-state index contributed by atoms with van der Waals surface area (Å²) in [5.74, 6) is 1.19. The first-order valence-electron chi connectivity index (χ1n) is 10.3. The first-order chi connectivity index (χ1) is 14.3. The van der Waals surface area contributed by atoms with Crippen molar-refractivity contribution in [3.05, 3.63) is 51.7 Å². The van der Waals surface area contributed by atoms with Gasteiger partial charge in [0.1, 0.15) is 17.5 Å². The number of piperazine rings is 1. The lowest BCUT2D eigenvalue weighted by atomic mass is 10.0. The highest BCUT2D eigenvalue weighted by molar-refractivity contribution is 7.89. The van der Waals surface area contributed by atoms with Gasteiger partial charge >= 0.3 is 0 Å². The Kier molecular flexibility index (Phi) is 7.31. The van der Waals surface area contributed by atoms with Crippen LogP contribution in [-0.2, 0) is 22.9 Å². The second-order valence-electron chi connectivity index (χ2n) is 7.45. The van der Waals surface area contributed by atoms with E-state index in [1.165, 1.54) is 6.07 Å². The lowest BCUT2D eigenvalue weighted by Gasteiger charge is -2.36. The van der Waals surface area contributed by atoms with Crippen molar-refractivity contribution < 1.29 is 12.8 Å². The standard InChI is InChI=1S/C21H28ClFN4O2S/c1-4-13-30(28,29)27-11-9-26(10-12-27)21-17(20(5-2)24-15(3)25-21)14-16-18(22)7-6-8-19(16)23/h6-8H,4-5,9-14H2,1-3H3. The molecule has 0 aliphatic carbocycles. The van der Waals surface area contributed by atoms with E-state index in [1.54, 1.807) is 16.4 Å². The van der Waals surface area contributed by atoms with Crippen LogP contribution in [0.4, 0.5) is 10.2 Å². The van der Waals surface area contributed by atoms with Gasteiger partial charge in [-0.3, -0.25) is 0 Å². The van der Waals surface area contributed by atoms with Gasteiger partial charge in [0, 0.05) is 54.4 Å². The maximum atomic E-state index is 14.5. The van der Waals surface area contributed by atoms with Crippen LogP contribution in [0.3, 0.4) is 0 Å². The quantitative estimate of drug-likeness (QED) is 0.639. The second kappa shape index (κ2) is 9.58. The Hall–Kier alpha value is -1.77. The van der Waals surface area contributed by atoms with Crippen LogP contribution in [0.5, 0.6) is 0 Å². The number of hydrogen-bond acceptors (Lipinski definition) is 5. The molecule has 0 atom stereocenters. The molecule has 1 aromatic carbocycles. The zero-order valence-electron chi connectivity index (χ0n) is 17.7. The molecule has 1 saturated heterocycles. The predicted molar refractivity (Wildman–Crippen MR) is 118 cm³/mol. The maximum Gasteiger partial charge on any atom is 0.214 e. The molecule has 1 aliphatic heterocycles. The van der Waals surface area contributed by atoms with E-state index in [2.05, 4.69) is 14.9 Å².